The first-order valence-corrected chi connectivity index (χ1v) is 6.39. The number of aryl methyl sites for hydroxylation is 1. The van der Waals surface area contributed by atoms with Crippen LogP contribution in [0.4, 0.5) is 11.5 Å². The molecular formula is C14H15N3O2. The second kappa shape index (κ2) is 4.76. The highest BCUT2D eigenvalue weighted by molar-refractivity contribution is 5.56. The summed E-state index contributed by atoms with van der Waals surface area (Å²) in [5.74, 6) is 1.62. The van der Waals surface area contributed by atoms with Crippen LogP contribution in [0.5, 0.6) is 5.75 Å². The van der Waals surface area contributed by atoms with Gasteiger partial charge in [-0.05, 0) is 37.1 Å². The number of anilines is 2. The zero-order valence-electron chi connectivity index (χ0n) is 10.5. The van der Waals surface area contributed by atoms with Crippen LogP contribution in [0.15, 0.2) is 35.1 Å². The van der Waals surface area contributed by atoms with Crippen LogP contribution >= 0.6 is 0 Å². The molecule has 5 heteroatoms. The molecule has 19 heavy (non-hydrogen) atoms. The average Bonchev–Trinajstić information content (AvgIpc) is 2.42. The first-order valence-electron chi connectivity index (χ1n) is 6.39. The maximum atomic E-state index is 12.0. The van der Waals surface area contributed by atoms with Gasteiger partial charge in [-0.1, -0.05) is 0 Å². The zero-order valence-corrected chi connectivity index (χ0v) is 10.5. The fraction of sp³-hybridized carbons (Fsp3) is 0.286. The van der Waals surface area contributed by atoms with Crippen molar-refractivity contribution < 1.29 is 5.11 Å². The lowest BCUT2D eigenvalue weighted by Crippen LogP contribution is -2.28. The number of phenolic OH excluding ortho intramolecular Hbond substituents is 1. The Morgan fingerprint density at radius 2 is 2.00 bits per heavy atom. The number of aromatic nitrogens is 2. The highest BCUT2D eigenvalue weighted by atomic mass is 16.3. The molecule has 1 aromatic heterocycles. The lowest BCUT2D eigenvalue weighted by Gasteiger charge is -2.18. The van der Waals surface area contributed by atoms with E-state index in [2.05, 4.69) is 10.3 Å². The van der Waals surface area contributed by atoms with Crippen LogP contribution in [0.25, 0.3) is 0 Å². The first-order chi connectivity index (χ1) is 9.22. The number of phenols is 1. The maximum absolute atomic E-state index is 12.0. The van der Waals surface area contributed by atoms with Gasteiger partial charge in [-0.3, -0.25) is 9.36 Å². The lowest BCUT2D eigenvalue weighted by molar-refractivity contribution is 0.475. The smallest absolute Gasteiger partial charge is 0.255 e. The van der Waals surface area contributed by atoms with Crippen molar-refractivity contribution in [2.75, 3.05) is 5.32 Å². The highest BCUT2D eigenvalue weighted by Gasteiger charge is 2.12. The number of nitrogens with zero attached hydrogens (tertiary/aromatic N) is 2. The molecule has 0 spiro atoms. The molecule has 2 N–H and O–H groups in total. The van der Waals surface area contributed by atoms with Crippen molar-refractivity contribution in [1.82, 2.24) is 9.55 Å². The summed E-state index contributed by atoms with van der Waals surface area (Å²) in [5, 5.41) is 12.3. The van der Waals surface area contributed by atoms with Crippen LogP contribution < -0.4 is 10.9 Å². The van der Waals surface area contributed by atoms with Crippen molar-refractivity contribution in [1.29, 1.82) is 0 Å². The topological polar surface area (TPSA) is 67.2 Å². The molecule has 1 aliphatic heterocycles. The Balaban J connectivity index is 1.91. The summed E-state index contributed by atoms with van der Waals surface area (Å²) in [6.45, 7) is 0.765. The van der Waals surface area contributed by atoms with Crippen LogP contribution in [0.2, 0.25) is 0 Å². The van der Waals surface area contributed by atoms with E-state index >= 15 is 0 Å². The van der Waals surface area contributed by atoms with E-state index < -0.39 is 0 Å². The van der Waals surface area contributed by atoms with Crippen molar-refractivity contribution in [2.45, 2.75) is 25.8 Å². The standard InChI is InChI=1S/C14H15N3O2/c18-11-6-4-10(5-7-11)15-12-9-14(19)17-8-2-1-3-13(17)16-12/h4-7,9,15,18H,1-3,8H2. The van der Waals surface area contributed by atoms with E-state index in [1.807, 2.05) is 0 Å². The van der Waals surface area contributed by atoms with Crippen LogP contribution in [0.1, 0.15) is 18.7 Å². The third-order valence-electron chi connectivity index (χ3n) is 3.26. The summed E-state index contributed by atoms with van der Waals surface area (Å²) in [7, 11) is 0. The molecule has 0 fully saturated rings. The summed E-state index contributed by atoms with van der Waals surface area (Å²) in [5.41, 5.74) is 0.788. The quantitative estimate of drug-likeness (QED) is 0.808. The fourth-order valence-corrected chi connectivity index (χ4v) is 2.29. The van der Waals surface area contributed by atoms with Gasteiger partial charge in [0, 0.05) is 24.7 Å². The minimum absolute atomic E-state index is 0.00835. The Bertz CT molecular complexity index is 647. The molecule has 0 amide bonds. The number of fused-ring (bicyclic) bond motifs is 1. The lowest BCUT2D eigenvalue weighted by atomic mass is 10.1. The Hall–Kier alpha value is -2.30. The molecule has 1 aliphatic rings. The number of rotatable bonds is 2. The molecule has 2 heterocycles. The molecule has 0 radical (unpaired) electrons. The molecule has 3 rings (SSSR count). The van der Waals surface area contributed by atoms with E-state index in [9.17, 15) is 9.90 Å². The summed E-state index contributed by atoms with van der Waals surface area (Å²) in [6.07, 6.45) is 2.97. The zero-order chi connectivity index (χ0) is 13.2. The van der Waals surface area contributed by atoms with E-state index in [4.69, 9.17) is 0 Å². The van der Waals surface area contributed by atoms with Crippen LogP contribution in [-0.2, 0) is 13.0 Å². The van der Waals surface area contributed by atoms with E-state index in [0.29, 0.717) is 5.82 Å². The van der Waals surface area contributed by atoms with Crippen LogP contribution in [0, 0.1) is 0 Å². The predicted molar refractivity (Wildman–Crippen MR) is 72.8 cm³/mol. The molecule has 98 valence electrons. The molecule has 0 aliphatic carbocycles. The van der Waals surface area contributed by atoms with Gasteiger partial charge >= 0.3 is 0 Å². The molecule has 0 saturated carbocycles. The largest absolute Gasteiger partial charge is 0.508 e. The number of aromatic hydroxyl groups is 1. The summed E-state index contributed by atoms with van der Waals surface area (Å²) in [4.78, 5) is 16.5. The fourth-order valence-electron chi connectivity index (χ4n) is 2.29. The number of nitrogens with one attached hydrogen (secondary N) is 1. The summed E-state index contributed by atoms with van der Waals surface area (Å²) < 4.78 is 1.74. The molecule has 1 aromatic carbocycles. The second-order valence-electron chi connectivity index (χ2n) is 4.68. The minimum atomic E-state index is -0.00835. The molecule has 0 bridgehead atoms. The Morgan fingerprint density at radius 1 is 1.21 bits per heavy atom. The Kier molecular flexibility index (Phi) is 2.95. The SMILES string of the molecule is O=c1cc(Nc2ccc(O)cc2)nc2n1CCCC2. The van der Waals surface area contributed by atoms with Crippen molar-refractivity contribution in [3.8, 4) is 5.75 Å². The molecule has 5 nitrogen and oxygen atoms in total. The van der Waals surface area contributed by atoms with Gasteiger partial charge in [0.05, 0.1) is 0 Å². The van der Waals surface area contributed by atoms with E-state index in [1.165, 1.54) is 6.07 Å². The van der Waals surface area contributed by atoms with E-state index in [0.717, 1.165) is 37.3 Å². The molecule has 0 atom stereocenters. The summed E-state index contributed by atoms with van der Waals surface area (Å²) in [6, 6.07) is 8.19. The van der Waals surface area contributed by atoms with Crippen molar-refractivity contribution in [2.24, 2.45) is 0 Å². The second-order valence-corrected chi connectivity index (χ2v) is 4.68. The third kappa shape index (κ3) is 2.45. The third-order valence-corrected chi connectivity index (χ3v) is 3.26. The van der Waals surface area contributed by atoms with Gasteiger partial charge < -0.3 is 10.4 Å². The van der Waals surface area contributed by atoms with Gasteiger partial charge in [-0.2, -0.15) is 0 Å². The van der Waals surface area contributed by atoms with Crippen molar-refractivity contribution >= 4 is 11.5 Å². The van der Waals surface area contributed by atoms with Crippen molar-refractivity contribution in [3.63, 3.8) is 0 Å². The molecule has 2 aromatic rings. The molecular weight excluding hydrogens is 242 g/mol. The van der Waals surface area contributed by atoms with E-state index in [1.54, 1.807) is 28.8 Å². The Morgan fingerprint density at radius 3 is 2.79 bits per heavy atom. The number of benzene rings is 1. The van der Waals surface area contributed by atoms with Crippen LogP contribution in [-0.4, -0.2) is 14.7 Å². The Labute approximate surface area is 110 Å². The predicted octanol–water partition coefficient (Wildman–Crippen LogP) is 2.03. The summed E-state index contributed by atoms with van der Waals surface area (Å²) >= 11 is 0. The minimum Gasteiger partial charge on any atom is -0.508 e. The van der Waals surface area contributed by atoms with Gasteiger partial charge in [-0.25, -0.2) is 4.98 Å². The maximum Gasteiger partial charge on any atom is 0.255 e. The average molecular weight is 257 g/mol. The van der Waals surface area contributed by atoms with Crippen molar-refractivity contribution in [3.05, 3.63) is 46.5 Å². The monoisotopic (exact) mass is 257 g/mol. The van der Waals surface area contributed by atoms with Crippen LogP contribution in [0.3, 0.4) is 0 Å². The number of hydrogen-bond donors (Lipinski definition) is 2. The van der Waals surface area contributed by atoms with Gasteiger partial charge in [0.2, 0.25) is 0 Å². The van der Waals surface area contributed by atoms with Gasteiger partial charge in [-0.15, -0.1) is 0 Å². The van der Waals surface area contributed by atoms with Gasteiger partial charge in [0.25, 0.3) is 5.56 Å². The molecule has 0 saturated heterocycles. The van der Waals surface area contributed by atoms with E-state index in [-0.39, 0.29) is 11.3 Å². The highest BCUT2D eigenvalue weighted by Crippen LogP contribution is 2.18. The first kappa shape index (κ1) is 11.8. The molecule has 0 unspecified atom stereocenters. The normalized spacial score (nSPS) is 13.9. The number of hydrogen-bond acceptors (Lipinski definition) is 4. The van der Waals surface area contributed by atoms with Gasteiger partial charge in [0.15, 0.2) is 0 Å². The van der Waals surface area contributed by atoms with Gasteiger partial charge in [0.1, 0.15) is 17.4 Å².